The molecule has 0 aliphatic rings. The van der Waals surface area contributed by atoms with E-state index in [1.807, 2.05) is 26.0 Å². The number of nitriles is 1. The van der Waals surface area contributed by atoms with Crippen LogP contribution in [0.3, 0.4) is 0 Å². The number of hydrogen-bond donors (Lipinski definition) is 2. The van der Waals surface area contributed by atoms with Crippen LogP contribution < -0.4 is 15.4 Å². The molecule has 30 heavy (non-hydrogen) atoms. The summed E-state index contributed by atoms with van der Waals surface area (Å²) >= 11 is 12.0. The fourth-order valence-electron chi connectivity index (χ4n) is 2.79. The van der Waals surface area contributed by atoms with Gasteiger partial charge in [-0.3, -0.25) is 9.59 Å². The molecule has 8 heteroatoms. The normalized spacial score (nSPS) is 11.5. The van der Waals surface area contributed by atoms with Crippen molar-refractivity contribution in [3.63, 3.8) is 0 Å². The van der Waals surface area contributed by atoms with Gasteiger partial charge < -0.3 is 15.4 Å². The quantitative estimate of drug-likeness (QED) is 0.597. The third-order valence-electron chi connectivity index (χ3n) is 4.17. The van der Waals surface area contributed by atoms with Gasteiger partial charge in [0.2, 0.25) is 5.91 Å². The van der Waals surface area contributed by atoms with Gasteiger partial charge in [-0.05, 0) is 48.2 Å². The smallest absolute Gasteiger partial charge is 0.253 e. The average Bonchev–Trinajstić information content (AvgIpc) is 2.69. The number of nitrogens with zero attached hydrogens (tertiary/aromatic N) is 1. The Morgan fingerprint density at radius 1 is 1.17 bits per heavy atom. The largest absolute Gasteiger partial charge is 0.479 e. The second-order valence-electron chi connectivity index (χ2n) is 7.09. The maximum Gasteiger partial charge on any atom is 0.253 e. The fraction of sp³-hybridized carbons (Fsp3) is 0.318. The van der Waals surface area contributed by atoms with Crippen molar-refractivity contribution in [2.45, 2.75) is 32.9 Å². The van der Waals surface area contributed by atoms with Gasteiger partial charge in [0.25, 0.3) is 5.91 Å². The molecule has 2 amide bonds. The Morgan fingerprint density at radius 3 is 2.60 bits per heavy atom. The number of rotatable bonds is 9. The highest BCUT2D eigenvalue weighted by atomic mass is 35.5. The van der Waals surface area contributed by atoms with Crippen LogP contribution in [0.5, 0.6) is 5.75 Å². The Kier molecular flexibility index (Phi) is 8.97. The van der Waals surface area contributed by atoms with E-state index in [1.54, 1.807) is 24.3 Å². The lowest BCUT2D eigenvalue weighted by atomic mass is 10.0. The Bertz CT molecular complexity index is 941. The lowest BCUT2D eigenvalue weighted by molar-refractivity contribution is -0.123. The van der Waals surface area contributed by atoms with Crippen LogP contribution in [0.4, 0.5) is 0 Å². The second-order valence-corrected chi connectivity index (χ2v) is 7.94. The van der Waals surface area contributed by atoms with Crippen LogP contribution in [0.15, 0.2) is 42.5 Å². The first-order valence-electron chi connectivity index (χ1n) is 9.42. The highest BCUT2D eigenvalue weighted by Gasteiger charge is 2.23. The van der Waals surface area contributed by atoms with E-state index < -0.39 is 11.9 Å². The molecule has 6 nitrogen and oxygen atoms in total. The summed E-state index contributed by atoms with van der Waals surface area (Å²) in [6, 6.07) is 12.9. The summed E-state index contributed by atoms with van der Waals surface area (Å²) in [5.41, 5.74) is 1.07. The molecule has 0 saturated heterocycles. The van der Waals surface area contributed by atoms with Crippen LogP contribution >= 0.6 is 23.2 Å². The molecule has 0 saturated carbocycles. The molecular weight excluding hydrogens is 425 g/mol. The van der Waals surface area contributed by atoms with Gasteiger partial charge in [-0.25, -0.2) is 0 Å². The molecule has 0 heterocycles. The first kappa shape index (κ1) is 23.5. The summed E-state index contributed by atoms with van der Waals surface area (Å²) in [4.78, 5) is 25.4. The van der Waals surface area contributed by atoms with E-state index >= 15 is 0 Å². The van der Waals surface area contributed by atoms with Crippen LogP contribution in [0.2, 0.25) is 10.0 Å². The molecule has 158 valence electrons. The molecule has 0 aliphatic carbocycles. The van der Waals surface area contributed by atoms with Crippen molar-refractivity contribution in [2.24, 2.45) is 5.92 Å². The Morgan fingerprint density at radius 2 is 1.93 bits per heavy atom. The second kappa shape index (κ2) is 11.4. The van der Waals surface area contributed by atoms with Gasteiger partial charge in [0, 0.05) is 11.6 Å². The number of halogens is 2. The summed E-state index contributed by atoms with van der Waals surface area (Å²) in [7, 11) is 0. The van der Waals surface area contributed by atoms with Crippen molar-refractivity contribution < 1.29 is 14.3 Å². The Balaban J connectivity index is 2.04. The van der Waals surface area contributed by atoms with Crippen LogP contribution in [0.25, 0.3) is 0 Å². The topological polar surface area (TPSA) is 91.2 Å². The fourth-order valence-corrected chi connectivity index (χ4v) is 3.28. The third kappa shape index (κ3) is 7.25. The molecule has 2 N–H and O–H groups in total. The first-order chi connectivity index (χ1) is 14.3. The first-order valence-corrected chi connectivity index (χ1v) is 10.2. The Hall–Kier alpha value is -2.75. The van der Waals surface area contributed by atoms with Gasteiger partial charge in [-0.2, -0.15) is 5.26 Å². The van der Waals surface area contributed by atoms with E-state index in [0.717, 1.165) is 5.56 Å². The predicted octanol–water partition coefficient (Wildman–Crippen LogP) is 4.36. The number of hydrogen-bond acceptors (Lipinski definition) is 4. The van der Waals surface area contributed by atoms with Gasteiger partial charge in [0.1, 0.15) is 17.9 Å². The molecular formula is C22H23Cl2N3O3. The van der Waals surface area contributed by atoms with Crippen molar-refractivity contribution in [3.8, 4) is 11.8 Å². The summed E-state index contributed by atoms with van der Waals surface area (Å²) < 4.78 is 5.27. The van der Waals surface area contributed by atoms with Crippen molar-refractivity contribution in [3.05, 3.63) is 63.6 Å². The van der Waals surface area contributed by atoms with Gasteiger partial charge >= 0.3 is 0 Å². The molecule has 1 unspecified atom stereocenters. The van der Waals surface area contributed by atoms with E-state index in [2.05, 4.69) is 10.6 Å². The SMILES string of the molecule is CC(C)CC(NC(=O)c1ccc(Cl)cc1Cl)C(=O)NCc1cccc(OCC#N)c1. The van der Waals surface area contributed by atoms with Crippen LogP contribution in [0.1, 0.15) is 36.2 Å². The minimum absolute atomic E-state index is 0.0500. The highest BCUT2D eigenvalue weighted by molar-refractivity contribution is 6.36. The van der Waals surface area contributed by atoms with Crippen molar-refractivity contribution in [2.75, 3.05) is 6.61 Å². The third-order valence-corrected chi connectivity index (χ3v) is 4.72. The zero-order valence-electron chi connectivity index (χ0n) is 16.7. The lowest BCUT2D eigenvalue weighted by Gasteiger charge is -2.20. The van der Waals surface area contributed by atoms with Gasteiger partial charge in [0.05, 0.1) is 10.6 Å². The van der Waals surface area contributed by atoms with E-state index in [4.69, 9.17) is 33.2 Å². The summed E-state index contributed by atoms with van der Waals surface area (Å²) in [6.07, 6.45) is 0.466. The number of carbonyl (C=O) groups is 2. The van der Waals surface area contributed by atoms with Crippen molar-refractivity contribution in [1.29, 1.82) is 5.26 Å². The molecule has 0 fully saturated rings. The minimum atomic E-state index is -0.720. The zero-order valence-corrected chi connectivity index (χ0v) is 18.3. The molecule has 0 bridgehead atoms. The van der Waals surface area contributed by atoms with Crippen molar-refractivity contribution >= 4 is 35.0 Å². The summed E-state index contributed by atoms with van der Waals surface area (Å²) in [6.45, 7) is 4.15. The number of nitrogens with one attached hydrogen (secondary N) is 2. The molecule has 0 aliphatic heterocycles. The maximum atomic E-state index is 12.8. The zero-order chi connectivity index (χ0) is 22.1. The maximum absolute atomic E-state index is 12.8. The van der Waals surface area contributed by atoms with Crippen LogP contribution in [-0.2, 0) is 11.3 Å². The van der Waals surface area contributed by atoms with E-state index in [9.17, 15) is 9.59 Å². The summed E-state index contributed by atoms with van der Waals surface area (Å²) in [5.74, 6) is -0.00740. The number of carbonyl (C=O) groups excluding carboxylic acids is 2. The molecule has 2 aromatic carbocycles. The number of ether oxygens (including phenoxy) is 1. The predicted molar refractivity (Wildman–Crippen MR) is 117 cm³/mol. The van der Waals surface area contributed by atoms with Crippen molar-refractivity contribution in [1.82, 2.24) is 10.6 Å². The molecule has 2 aromatic rings. The summed E-state index contributed by atoms with van der Waals surface area (Å²) in [5, 5.41) is 14.9. The molecule has 2 rings (SSSR count). The molecule has 1 atom stereocenters. The monoisotopic (exact) mass is 447 g/mol. The van der Waals surface area contributed by atoms with Crippen LogP contribution in [0, 0.1) is 17.2 Å². The van der Waals surface area contributed by atoms with E-state index in [1.165, 1.54) is 12.1 Å². The minimum Gasteiger partial charge on any atom is -0.479 e. The molecule has 0 radical (unpaired) electrons. The van der Waals surface area contributed by atoms with Crippen LogP contribution in [-0.4, -0.2) is 24.5 Å². The van der Waals surface area contributed by atoms with Gasteiger partial charge in [-0.15, -0.1) is 0 Å². The van der Waals surface area contributed by atoms with Gasteiger partial charge in [-0.1, -0.05) is 49.2 Å². The average molecular weight is 448 g/mol. The number of benzene rings is 2. The number of amides is 2. The standard InChI is InChI=1S/C22H23Cl2N3O3/c1-14(2)10-20(27-21(28)18-7-6-16(23)12-19(18)24)22(29)26-13-15-4-3-5-17(11-15)30-9-8-25/h3-7,11-12,14,20H,9-10,13H2,1-2H3,(H,26,29)(H,27,28). The molecule has 0 spiro atoms. The van der Waals surface area contributed by atoms with E-state index in [0.29, 0.717) is 17.2 Å². The highest BCUT2D eigenvalue weighted by Crippen LogP contribution is 2.21. The van der Waals surface area contributed by atoms with Gasteiger partial charge in [0.15, 0.2) is 6.61 Å². The van der Waals surface area contributed by atoms with E-state index in [-0.39, 0.29) is 35.6 Å². The Labute approximate surface area is 186 Å². The lowest BCUT2D eigenvalue weighted by Crippen LogP contribution is -2.47. The molecule has 0 aromatic heterocycles.